The molecular formula is C53H93NO4. The topological polar surface area (TPSA) is 55.8 Å². The average molecular weight is 808 g/mol. The molecule has 58 heavy (non-hydrogen) atoms. The Morgan fingerprint density at radius 2 is 0.948 bits per heavy atom. The minimum atomic E-state index is -0.725. The summed E-state index contributed by atoms with van der Waals surface area (Å²) < 4.78 is 13.0. The quantitative estimate of drug-likeness (QED) is 0.0155. The van der Waals surface area contributed by atoms with Gasteiger partial charge in [0.2, 0.25) is 0 Å². The maximum Gasteiger partial charge on any atom is 0.254 e. The number of unbranched alkanes of at least 4 members (excludes halogenated alkanes) is 18. The lowest BCUT2D eigenvalue weighted by atomic mass is 9.98. The highest BCUT2D eigenvalue weighted by atomic mass is 16.7. The lowest BCUT2D eigenvalue weighted by Crippen LogP contribution is -2.57. The number of allylic oxidation sites excluding steroid dienone is 10. The number of hydrogen-bond donors (Lipinski definition) is 0. The third-order valence-corrected chi connectivity index (χ3v) is 10.4. The van der Waals surface area contributed by atoms with Crippen LogP contribution in [0, 0.1) is 0 Å². The lowest BCUT2D eigenvalue weighted by Gasteiger charge is -2.43. The van der Waals surface area contributed by atoms with Gasteiger partial charge in [-0.25, -0.2) is 0 Å². The van der Waals surface area contributed by atoms with E-state index in [9.17, 15) is 9.59 Å². The SMILES string of the molecule is C=C.CC/C=C\C(C(=O)N(CC)C(C)(C)C(OCCCCCCCC/C=C\C/C=C\CCCCC)OCCCCCCCC/C=C\C/C=C\CCCCC)=C(/C)C=O. The van der Waals surface area contributed by atoms with Gasteiger partial charge in [-0.2, -0.15) is 0 Å². The first-order valence-electron chi connectivity index (χ1n) is 23.8. The molecule has 0 heterocycles. The Bertz CT molecular complexity index is 1080. The molecule has 0 unspecified atom stereocenters. The maximum atomic E-state index is 13.9. The maximum absolute atomic E-state index is 13.9. The summed E-state index contributed by atoms with van der Waals surface area (Å²) in [5, 5.41) is 0. The number of rotatable bonds is 39. The third-order valence-electron chi connectivity index (χ3n) is 10.4. The van der Waals surface area contributed by atoms with Crippen molar-refractivity contribution in [3.05, 3.63) is 85.1 Å². The minimum Gasteiger partial charge on any atom is -0.350 e. The van der Waals surface area contributed by atoms with Crippen LogP contribution in [0.3, 0.4) is 0 Å². The Morgan fingerprint density at radius 1 is 0.569 bits per heavy atom. The standard InChI is InChI=1S/C51H89NO4.C2H4/c1-8-12-15-17-19-21-23-25-27-29-31-33-35-37-39-41-44-55-50(51(6,7)52(11-4)49(54)48(43-14-10-3)47(5)46-53)56-45-42-40-38-36-34-32-30-28-26-24-22-20-18-16-13-9-2;1-2/h14,19-22,25-28,43,46,50H,8-13,15-18,23-24,29-42,44-45H2,1-7H3;1-2H2/b21-19-,22-20-,27-25-,28-26-,43-14-,48-47-;. The fraction of sp³-hybridized carbons (Fsp3) is 0.698. The largest absolute Gasteiger partial charge is 0.350 e. The molecule has 0 aromatic rings. The highest BCUT2D eigenvalue weighted by Gasteiger charge is 2.40. The van der Waals surface area contributed by atoms with E-state index in [0.717, 1.165) is 51.2 Å². The molecule has 0 radical (unpaired) electrons. The number of amides is 1. The van der Waals surface area contributed by atoms with Gasteiger partial charge in [-0.05, 0) is 111 Å². The zero-order chi connectivity index (χ0) is 43.4. The van der Waals surface area contributed by atoms with Gasteiger partial charge < -0.3 is 14.4 Å². The van der Waals surface area contributed by atoms with Crippen molar-refractivity contribution < 1.29 is 19.1 Å². The molecule has 334 valence electrons. The van der Waals surface area contributed by atoms with Crippen molar-refractivity contribution in [3.8, 4) is 0 Å². The van der Waals surface area contributed by atoms with E-state index >= 15 is 0 Å². The van der Waals surface area contributed by atoms with Gasteiger partial charge in [0, 0.05) is 30.9 Å². The number of nitrogens with zero attached hydrogens (tertiary/aromatic N) is 1. The summed E-state index contributed by atoms with van der Waals surface area (Å²) in [7, 11) is 0. The summed E-state index contributed by atoms with van der Waals surface area (Å²) in [6, 6.07) is 0. The highest BCUT2D eigenvalue weighted by Crippen LogP contribution is 2.27. The molecule has 0 saturated carbocycles. The van der Waals surface area contributed by atoms with Crippen LogP contribution in [-0.4, -0.2) is 48.7 Å². The van der Waals surface area contributed by atoms with E-state index in [0.29, 0.717) is 30.9 Å². The Hall–Kier alpha value is -2.76. The van der Waals surface area contributed by atoms with Gasteiger partial charge in [0.1, 0.15) is 6.29 Å². The lowest BCUT2D eigenvalue weighted by molar-refractivity contribution is -0.207. The number of hydrogen-bond acceptors (Lipinski definition) is 4. The van der Waals surface area contributed by atoms with Gasteiger partial charge in [-0.3, -0.25) is 9.59 Å². The van der Waals surface area contributed by atoms with Crippen LogP contribution in [0.4, 0.5) is 0 Å². The van der Waals surface area contributed by atoms with E-state index in [1.54, 1.807) is 13.0 Å². The minimum absolute atomic E-state index is 0.161. The molecule has 0 aliphatic rings. The van der Waals surface area contributed by atoms with Crippen molar-refractivity contribution in [2.45, 2.75) is 221 Å². The van der Waals surface area contributed by atoms with Gasteiger partial charge in [0.25, 0.3) is 5.91 Å². The molecule has 1 amide bonds. The molecule has 0 rings (SSSR count). The summed E-state index contributed by atoms with van der Waals surface area (Å²) in [5.41, 5.74) is 0.151. The first-order valence-corrected chi connectivity index (χ1v) is 23.8. The Morgan fingerprint density at radius 3 is 1.31 bits per heavy atom. The summed E-state index contributed by atoms with van der Waals surface area (Å²) >= 11 is 0. The number of ether oxygens (including phenoxy) is 2. The molecule has 0 aromatic heterocycles. The van der Waals surface area contributed by atoms with E-state index in [4.69, 9.17) is 9.47 Å². The van der Waals surface area contributed by atoms with Gasteiger partial charge in [0.05, 0.1) is 5.54 Å². The highest BCUT2D eigenvalue weighted by molar-refractivity contribution is 6.01. The predicted octanol–water partition coefficient (Wildman–Crippen LogP) is 15.9. The zero-order valence-corrected chi connectivity index (χ0v) is 39.2. The first-order chi connectivity index (χ1) is 28.3. The van der Waals surface area contributed by atoms with Crippen LogP contribution in [0.15, 0.2) is 85.1 Å². The van der Waals surface area contributed by atoms with E-state index < -0.39 is 11.8 Å². The van der Waals surface area contributed by atoms with E-state index in [1.807, 2.05) is 38.7 Å². The predicted molar refractivity (Wildman–Crippen MR) is 255 cm³/mol. The number of likely N-dealkylation sites (N-methyl/N-ethyl adjacent to an activating group) is 1. The number of carbonyl (C=O) groups excluding carboxylic acids is 2. The van der Waals surface area contributed by atoms with E-state index in [1.165, 1.54) is 116 Å². The van der Waals surface area contributed by atoms with Crippen molar-refractivity contribution in [2.75, 3.05) is 19.8 Å². The summed E-state index contributed by atoms with van der Waals surface area (Å²) in [6.07, 6.45) is 52.1. The zero-order valence-electron chi connectivity index (χ0n) is 39.2. The summed E-state index contributed by atoms with van der Waals surface area (Å²) in [4.78, 5) is 27.5. The van der Waals surface area contributed by atoms with Crippen molar-refractivity contribution >= 4 is 12.2 Å². The van der Waals surface area contributed by atoms with Crippen molar-refractivity contribution in [2.24, 2.45) is 0 Å². The fourth-order valence-corrected chi connectivity index (χ4v) is 6.77. The Labute approximate surface area is 360 Å². The summed E-state index contributed by atoms with van der Waals surface area (Å²) in [5.74, 6) is -0.161. The molecule has 0 spiro atoms. The van der Waals surface area contributed by atoms with Gasteiger partial charge in [0.15, 0.2) is 6.29 Å². The first kappa shape index (κ1) is 57.3. The van der Waals surface area contributed by atoms with Gasteiger partial charge >= 0.3 is 0 Å². The van der Waals surface area contributed by atoms with Gasteiger partial charge in [-0.15, -0.1) is 13.2 Å². The molecule has 0 saturated heterocycles. The Balaban J connectivity index is 0. The normalized spacial score (nSPS) is 12.8. The van der Waals surface area contributed by atoms with E-state index in [2.05, 4.69) is 75.6 Å². The van der Waals surface area contributed by atoms with Crippen LogP contribution >= 0.6 is 0 Å². The van der Waals surface area contributed by atoms with Crippen molar-refractivity contribution in [3.63, 3.8) is 0 Å². The molecular weight excluding hydrogens is 715 g/mol. The smallest absolute Gasteiger partial charge is 0.254 e. The van der Waals surface area contributed by atoms with Crippen molar-refractivity contribution in [1.29, 1.82) is 0 Å². The van der Waals surface area contributed by atoms with Crippen LogP contribution in [0.1, 0.15) is 209 Å². The second-order valence-electron chi connectivity index (χ2n) is 16.0. The van der Waals surface area contributed by atoms with Crippen LogP contribution in [0.25, 0.3) is 0 Å². The molecule has 0 aliphatic carbocycles. The Kier molecular flexibility index (Phi) is 43.3. The van der Waals surface area contributed by atoms with Crippen LogP contribution in [-0.2, 0) is 19.1 Å². The molecule has 0 atom stereocenters. The molecule has 0 bridgehead atoms. The molecule has 5 heteroatoms. The number of carbonyl (C=O) groups is 2. The number of aldehydes is 1. The molecule has 0 aliphatic heterocycles. The third kappa shape index (κ3) is 32.1. The second kappa shape index (κ2) is 43.8. The van der Waals surface area contributed by atoms with Gasteiger partial charge in [-0.1, -0.05) is 159 Å². The molecule has 5 nitrogen and oxygen atoms in total. The molecule has 0 fully saturated rings. The summed E-state index contributed by atoms with van der Waals surface area (Å²) in [6.45, 7) is 22.0. The van der Waals surface area contributed by atoms with Crippen LogP contribution in [0.2, 0.25) is 0 Å². The monoisotopic (exact) mass is 808 g/mol. The molecule has 0 aromatic carbocycles. The van der Waals surface area contributed by atoms with Crippen molar-refractivity contribution in [1.82, 2.24) is 4.90 Å². The van der Waals surface area contributed by atoms with Crippen LogP contribution in [0.5, 0.6) is 0 Å². The second-order valence-corrected chi connectivity index (χ2v) is 16.0. The van der Waals surface area contributed by atoms with E-state index in [-0.39, 0.29) is 5.91 Å². The molecule has 0 N–H and O–H groups in total. The average Bonchev–Trinajstić information content (AvgIpc) is 3.23. The fourth-order valence-electron chi connectivity index (χ4n) is 6.77. The van der Waals surface area contributed by atoms with Crippen LogP contribution < -0.4 is 0 Å².